The first kappa shape index (κ1) is 20.5. The van der Waals surface area contributed by atoms with Crippen LogP contribution in [0.15, 0.2) is 60.7 Å². The van der Waals surface area contributed by atoms with Gasteiger partial charge >= 0.3 is 0 Å². The third kappa shape index (κ3) is 4.56. The Balaban J connectivity index is 1.51. The molecule has 0 atom stereocenters. The topological polar surface area (TPSA) is 54.0 Å². The maximum absolute atomic E-state index is 12.6. The quantitative estimate of drug-likeness (QED) is 0.375. The lowest BCUT2D eigenvalue weighted by atomic mass is 10.1. The number of aryl methyl sites for hydroxylation is 2. The molecule has 5 heteroatoms. The molecule has 31 heavy (non-hydrogen) atoms. The summed E-state index contributed by atoms with van der Waals surface area (Å²) in [5.74, 6) is 2.76. The molecule has 1 aliphatic rings. The van der Waals surface area contributed by atoms with E-state index in [1.165, 1.54) is 0 Å². The Morgan fingerprint density at radius 1 is 1.00 bits per heavy atom. The van der Waals surface area contributed by atoms with Gasteiger partial charge in [0.25, 0.3) is 0 Å². The van der Waals surface area contributed by atoms with Crippen molar-refractivity contribution < 1.29 is 23.7 Å². The molecule has 0 saturated carbocycles. The van der Waals surface area contributed by atoms with Gasteiger partial charge in [-0.3, -0.25) is 4.79 Å². The minimum absolute atomic E-state index is 0.109. The van der Waals surface area contributed by atoms with E-state index in [0.717, 1.165) is 33.8 Å². The number of methoxy groups -OCH3 is 1. The molecule has 0 aliphatic carbocycles. The minimum atomic E-state index is -0.109. The van der Waals surface area contributed by atoms with Crippen LogP contribution in [0.4, 0.5) is 0 Å². The van der Waals surface area contributed by atoms with Gasteiger partial charge in [0.05, 0.1) is 7.11 Å². The van der Waals surface area contributed by atoms with Crippen LogP contribution in [0.3, 0.4) is 0 Å². The number of allylic oxidation sites excluding steroid dienone is 1. The molecule has 3 aromatic rings. The van der Waals surface area contributed by atoms with Crippen LogP contribution in [-0.2, 0) is 6.61 Å². The van der Waals surface area contributed by atoms with Crippen molar-refractivity contribution >= 4 is 11.9 Å². The molecule has 0 saturated heterocycles. The van der Waals surface area contributed by atoms with E-state index < -0.39 is 0 Å². The highest BCUT2D eigenvalue weighted by molar-refractivity contribution is 6.07. The van der Waals surface area contributed by atoms with Crippen LogP contribution < -0.4 is 18.9 Å². The first-order valence-corrected chi connectivity index (χ1v) is 10.0. The number of ketones is 1. The van der Waals surface area contributed by atoms with Gasteiger partial charge in [0.2, 0.25) is 6.79 Å². The zero-order chi connectivity index (χ0) is 21.8. The molecular weight excluding hydrogens is 392 g/mol. The van der Waals surface area contributed by atoms with Crippen LogP contribution in [0.5, 0.6) is 23.0 Å². The number of hydrogen-bond donors (Lipinski definition) is 0. The predicted octanol–water partition coefficient (Wildman–Crippen LogP) is 5.52. The van der Waals surface area contributed by atoms with Crippen LogP contribution in [0.1, 0.15) is 32.6 Å². The number of benzene rings is 3. The average molecular weight is 416 g/mol. The molecule has 1 heterocycles. The summed E-state index contributed by atoms with van der Waals surface area (Å²) in [5, 5.41) is 0. The number of carbonyl (C=O) groups is 1. The fraction of sp³-hybridized carbons (Fsp3) is 0.192. The summed E-state index contributed by atoms with van der Waals surface area (Å²) in [6, 6.07) is 17.0. The van der Waals surface area contributed by atoms with Gasteiger partial charge in [-0.05, 0) is 66.9 Å². The second-order valence-corrected chi connectivity index (χ2v) is 7.35. The lowest BCUT2D eigenvalue weighted by molar-refractivity contribution is 0.104. The van der Waals surface area contributed by atoms with Crippen molar-refractivity contribution in [3.05, 3.63) is 88.5 Å². The summed E-state index contributed by atoms with van der Waals surface area (Å²) < 4.78 is 22.2. The van der Waals surface area contributed by atoms with Crippen LogP contribution in [-0.4, -0.2) is 19.7 Å². The Morgan fingerprint density at radius 3 is 2.55 bits per heavy atom. The Bertz CT molecular complexity index is 1130. The highest BCUT2D eigenvalue weighted by Crippen LogP contribution is 2.33. The van der Waals surface area contributed by atoms with Crippen molar-refractivity contribution in [2.45, 2.75) is 20.5 Å². The van der Waals surface area contributed by atoms with Crippen LogP contribution >= 0.6 is 0 Å². The molecule has 158 valence electrons. The van der Waals surface area contributed by atoms with Gasteiger partial charge in [-0.1, -0.05) is 30.3 Å². The summed E-state index contributed by atoms with van der Waals surface area (Å²) >= 11 is 0. The summed E-state index contributed by atoms with van der Waals surface area (Å²) in [4.78, 5) is 12.6. The number of hydrogen-bond acceptors (Lipinski definition) is 5. The zero-order valence-corrected chi connectivity index (χ0v) is 17.8. The number of carbonyl (C=O) groups excluding carboxylic acids is 1. The van der Waals surface area contributed by atoms with E-state index >= 15 is 0 Å². The molecular formula is C26H24O5. The summed E-state index contributed by atoms with van der Waals surface area (Å²) in [6.07, 6.45) is 3.34. The van der Waals surface area contributed by atoms with Crippen LogP contribution in [0.25, 0.3) is 6.08 Å². The average Bonchev–Trinajstić information content (AvgIpc) is 3.25. The van der Waals surface area contributed by atoms with Gasteiger partial charge < -0.3 is 18.9 Å². The second kappa shape index (κ2) is 8.96. The molecule has 0 fully saturated rings. The Kier molecular flexibility index (Phi) is 5.94. The number of ether oxygens (including phenoxy) is 4. The first-order valence-electron chi connectivity index (χ1n) is 10.0. The number of para-hydroxylation sites is 1. The van der Waals surface area contributed by atoms with Gasteiger partial charge in [0.1, 0.15) is 18.1 Å². The Hall–Kier alpha value is -3.73. The van der Waals surface area contributed by atoms with E-state index in [0.29, 0.717) is 23.7 Å². The van der Waals surface area contributed by atoms with Crippen molar-refractivity contribution in [3.63, 3.8) is 0 Å². The normalized spacial score (nSPS) is 12.2. The third-order valence-corrected chi connectivity index (χ3v) is 5.17. The standard InChI is InChI=1S/C26H24O5/c1-17-5-4-6-18(2)26(17)29-15-21-13-19(8-11-23(21)28-3)7-10-22(27)20-9-12-24-25(14-20)31-16-30-24/h4-14H,15-16H2,1-3H3/b10-7+. The monoisotopic (exact) mass is 416 g/mol. The van der Waals surface area contributed by atoms with Crippen LogP contribution in [0, 0.1) is 13.8 Å². The van der Waals surface area contributed by atoms with Crippen molar-refractivity contribution in [1.82, 2.24) is 0 Å². The maximum Gasteiger partial charge on any atom is 0.231 e. The van der Waals surface area contributed by atoms with E-state index in [4.69, 9.17) is 18.9 Å². The molecule has 1 aliphatic heterocycles. The fourth-order valence-corrected chi connectivity index (χ4v) is 3.51. The minimum Gasteiger partial charge on any atom is -0.496 e. The second-order valence-electron chi connectivity index (χ2n) is 7.35. The smallest absolute Gasteiger partial charge is 0.231 e. The zero-order valence-electron chi connectivity index (χ0n) is 17.8. The van der Waals surface area contributed by atoms with Crippen molar-refractivity contribution in [2.24, 2.45) is 0 Å². The highest BCUT2D eigenvalue weighted by Gasteiger charge is 2.15. The molecule has 0 spiro atoms. The van der Waals surface area contributed by atoms with Gasteiger partial charge in [0, 0.05) is 11.1 Å². The SMILES string of the molecule is COc1ccc(/C=C/C(=O)c2ccc3c(c2)OCO3)cc1COc1c(C)cccc1C. The van der Waals surface area contributed by atoms with Gasteiger partial charge in [-0.15, -0.1) is 0 Å². The molecule has 3 aromatic carbocycles. The molecule has 0 amide bonds. The first-order chi connectivity index (χ1) is 15.0. The summed E-state index contributed by atoms with van der Waals surface area (Å²) in [6.45, 7) is 4.61. The van der Waals surface area contributed by atoms with Crippen molar-refractivity contribution in [1.29, 1.82) is 0 Å². The Morgan fingerprint density at radius 2 is 1.77 bits per heavy atom. The molecule has 0 unspecified atom stereocenters. The third-order valence-electron chi connectivity index (χ3n) is 5.17. The largest absolute Gasteiger partial charge is 0.496 e. The Labute approximate surface area is 181 Å². The van der Waals surface area contributed by atoms with E-state index in [-0.39, 0.29) is 12.6 Å². The van der Waals surface area contributed by atoms with E-state index in [2.05, 4.69) is 0 Å². The number of rotatable bonds is 7. The summed E-state index contributed by atoms with van der Waals surface area (Å²) in [5.41, 5.74) is 4.51. The predicted molar refractivity (Wildman–Crippen MR) is 119 cm³/mol. The fourth-order valence-electron chi connectivity index (χ4n) is 3.51. The van der Waals surface area contributed by atoms with Crippen molar-refractivity contribution in [3.8, 4) is 23.0 Å². The lowest BCUT2D eigenvalue weighted by Crippen LogP contribution is -2.01. The van der Waals surface area contributed by atoms with E-state index in [1.807, 2.05) is 50.2 Å². The molecule has 0 N–H and O–H groups in total. The molecule has 0 bridgehead atoms. The summed E-state index contributed by atoms with van der Waals surface area (Å²) in [7, 11) is 1.64. The lowest BCUT2D eigenvalue weighted by Gasteiger charge is -2.14. The van der Waals surface area contributed by atoms with E-state index in [9.17, 15) is 4.79 Å². The number of fused-ring (bicyclic) bond motifs is 1. The highest BCUT2D eigenvalue weighted by atomic mass is 16.7. The molecule has 4 rings (SSSR count). The maximum atomic E-state index is 12.6. The molecule has 0 radical (unpaired) electrons. The van der Waals surface area contributed by atoms with Gasteiger partial charge in [-0.25, -0.2) is 0 Å². The van der Waals surface area contributed by atoms with Gasteiger partial charge in [0.15, 0.2) is 17.3 Å². The van der Waals surface area contributed by atoms with Crippen molar-refractivity contribution in [2.75, 3.05) is 13.9 Å². The molecule has 0 aromatic heterocycles. The van der Waals surface area contributed by atoms with E-state index in [1.54, 1.807) is 37.5 Å². The molecule has 5 nitrogen and oxygen atoms in total. The van der Waals surface area contributed by atoms with Crippen LogP contribution in [0.2, 0.25) is 0 Å². The van der Waals surface area contributed by atoms with Gasteiger partial charge in [-0.2, -0.15) is 0 Å².